The Hall–Kier alpha value is -1.69. The lowest BCUT2D eigenvalue weighted by molar-refractivity contribution is -0.135. The predicted molar refractivity (Wildman–Crippen MR) is 116 cm³/mol. The molecule has 6 atom stereocenters. The van der Waals surface area contributed by atoms with Gasteiger partial charge in [0.25, 0.3) is 0 Å². The molecule has 174 valence electrons. The van der Waals surface area contributed by atoms with E-state index in [0.29, 0.717) is 18.5 Å². The molecule has 0 unspecified atom stereocenters. The fourth-order valence-electron chi connectivity index (χ4n) is 2.54. The van der Waals surface area contributed by atoms with Crippen molar-refractivity contribution in [1.82, 2.24) is 16.0 Å². The van der Waals surface area contributed by atoms with Crippen molar-refractivity contribution in [2.24, 2.45) is 11.7 Å². The first-order chi connectivity index (χ1) is 13.9. The number of aliphatic hydroxyl groups excluding tert-OH is 2. The number of nitrogens with one attached hydrogen (secondary N) is 3. The number of hydrogen-bond donors (Lipinski definition) is 6. The van der Waals surface area contributed by atoms with Crippen LogP contribution in [0.3, 0.4) is 0 Å². The summed E-state index contributed by atoms with van der Waals surface area (Å²) in [6, 6.07) is -4.28. The summed E-state index contributed by atoms with van der Waals surface area (Å²) < 4.78 is 0. The van der Waals surface area contributed by atoms with Gasteiger partial charge in [-0.25, -0.2) is 0 Å². The maximum atomic E-state index is 12.7. The van der Waals surface area contributed by atoms with Crippen LogP contribution in [0.2, 0.25) is 0 Å². The molecule has 0 rings (SSSR count). The Balaban J connectivity index is 5.28. The average Bonchev–Trinajstić information content (AvgIpc) is 2.66. The van der Waals surface area contributed by atoms with Gasteiger partial charge in [-0.05, 0) is 44.6 Å². The highest BCUT2D eigenvalue weighted by atomic mass is 32.2. The van der Waals surface area contributed by atoms with Gasteiger partial charge in [0.15, 0.2) is 0 Å². The van der Waals surface area contributed by atoms with E-state index in [0.717, 1.165) is 0 Å². The number of rotatable bonds is 14. The number of hydrogen-bond acceptors (Lipinski definition) is 8. The molecule has 0 aliphatic rings. The van der Waals surface area contributed by atoms with Gasteiger partial charge in [-0.1, -0.05) is 13.8 Å². The maximum absolute atomic E-state index is 12.7. The van der Waals surface area contributed by atoms with E-state index in [4.69, 9.17) is 5.73 Å². The van der Waals surface area contributed by atoms with Crippen molar-refractivity contribution in [2.75, 3.05) is 12.0 Å². The number of amides is 3. The molecule has 0 fully saturated rings. The van der Waals surface area contributed by atoms with Gasteiger partial charge < -0.3 is 36.7 Å². The largest absolute Gasteiger partial charge is 0.391 e. The van der Waals surface area contributed by atoms with Crippen molar-refractivity contribution in [2.45, 2.75) is 76.9 Å². The van der Waals surface area contributed by atoms with Gasteiger partial charge in [-0.15, -0.1) is 0 Å². The van der Waals surface area contributed by atoms with E-state index in [1.54, 1.807) is 0 Å². The van der Waals surface area contributed by atoms with Gasteiger partial charge in [0, 0.05) is 0 Å². The van der Waals surface area contributed by atoms with Crippen molar-refractivity contribution in [1.29, 1.82) is 0 Å². The zero-order valence-electron chi connectivity index (χ0n) is 18.3. The normalized spacial score (nSPS) is 17.2. The number of aliphatic hydroxyl groups is 2. The van der Waals surface area contributed by atoms with Crippen LogP contribution in [0, 0.1) is 5.92 Å². The molecule has 3 amide bonds. The third-order valence-corrected chi connectivity index (χ3v) is 4.99. The zero-order chi connectivity index (χ0) is 23.4. The Kier molecular flexibility index (Phi) is 13.5. The monoisotopic (exact) mass is 448 g/mol. The summed E-state index contributed by atoms with van der Waals surface area (Å²) in [6.45, 7) is 6.38. The Morgan fingerprint density at radius 2 is 1.57 bits per heavy atom. The second-order valence-corrected chi connectivity index (χ2v) is 8.70. The minimum absolute atomic E-state index is 0.0156. The summed E-state index contributed by atoms with van der Waals surface area (Å²) >= 11 is 1.53. The molecule has 10 nitrogen and oxygen atoms in total. The van der Waals surface area contributed by atoms with Crippen LogP contribution in [-0.4, -0.2) is 82.6 Å². The molecule has 0 spiro atoms. The molecular weight excluding hydrogens is 412 g/mol. The third-order valence-electron chi connectivity index (χ3n) is 4.35. The molecule has 0 bridgehead atoms. The lowest BCUT2D eigenvalue weighted by Crippen LogP contribution is -2.60. The molecule has 0 aromatic carbocycles. The van der Waals surface area contributed by atoms with Crippen LogP contribution in [0.4, 0.5) is 0 Å². The Bertz CT molecular complexity index is 573. The number of nitrogens with two attached hydrogens (primary N) is 1. The minimum Gasteiger partial charge on any atom is -0.391 e. The van der Waals surface area contributed by atoms with Crippen molar-refractivity contribution < 1.29 is 29.4 Å². The first-order valence-corrected chi connectivity index (χ1v) is 11.3. The lowest BCUT2D eigenvalue weighted by Gasteiger charge is -2.27. The predicted octanol–water partition coefficient (Wildman–Crippen LogP) is -1.47. The molecule has 0 heterocycles. The van der Waals surface area contributed by atoms with E-state index in [1.165, 1.54) is 25.6 Å². The SMILES string of the molecule is CSCC[C@H](N)C(=O)N[C@H](C(=O)N[C@@H](CC(C)C)C(=O)N[C@H](C=O)[C@@H](C)O)[C@@H](C)O. The molecule has 0 aliphatic heterocycles. The van der Waals surface area contributed by atoms with Gasteiger partial charge in [-0.2, -0.15) is 11.8 Å². The van der Waals surface area contributed by atoms with E-state index >= 15 is 0 Å². The van der Waals surface area contributed by atoms with E-state index < -0.39 is 54.1 Å². The van der Waals surface area contributed by atoms with Gasteiger partial charge in [0.2, 0.25) is 17.7 Å². The Labute approximate surface area is 182 Å². The van der Waals surface area contributed by atoms with E-state index in [1.807, 2.05) is 20.1 Å². The van der Waals surface area contributed by atoms with Crippen LogP contribution < -0.4 is 21.7 Å². The minimum atomic E-state index is -1.31. The summed E-state index contributed by atoms with van der Waals surface area (Å²) in [5, 5.41) is 26.9. The number of aldehydes is 1. The molecule has 0 radical (unpaired) electrons. The fourth-order valence-corrected chi connectivity index (χ4v) is 3.03. The number of thioether (sulfide) groups is 1. The molecule has 11 heteroatoms. The van der Waals surface area contributed by atoms with Crippen LogP contribution in [0.5, 0.6) is 0 Å². The molecule has 30 heavy (non-hydrogen) atoms. The maximum Gasteiger partial charge on any atom is 0.245 e. The van der Waals surface area contributed by atoms with Crippen molar-refractivity contribution >= 4 is 35.8 Å². The highest BCUT2D eigenvalue weighted by Gasteiger charge is 2.32. The first kappa shape index (κ1) is 28.3. The van der Waals surface area contributed by atoms with Crippen molar-refractivity contribution in [3.63, 3.8) is 0 Å². The third kappa shape index (κ3) is 10.4. The highest BCUT2D eigenvalue weighted by molar-refractivity contribution is 7.98. The topological polar surface area (TPSA) is 171 Å². The average molecular weight is 449 g/mol. The molecule has 7 N–H and O–H groups in total. The number of carbonyl (C=O) groups is 4. The van der Waals surface area contributed by atoms with E-state index in [-0.39, 0.29) is 12.3 Å². The molecule has 0 saturated carbocycles. The number of carbonyl (C=O) groups excluding carboxylic acids is 4. The summed E-state index contributed by atoms with van der Waals surface area (Å²) in [5.41, 5.74) is 5.81. The summed E-state index contributed by atoms with van der Waals surface area (Å²) in [7, 11) is 0. The molecule has 0 aromatic heterocycles. The van der Waals surface area contributed by atoms with E-state index in [9.17, 15) is 29.4 Å². The van der Waals surface area contributed by atoms with Gasteiger partial charge in [-0.3, -0.25) is 14.4 Å². The zero-order valence-corrected chi connectivity index (χ0v) is 19.1. The van der Waals surface area contributed by atoms with Crippen molar-refractivity contribution in [3.8, 4) is 0 Å². The quantitative estimate of drug-likeness (QED) is 0.175. The van der Waals surface area contributed by atoms with Gasteiger partial charge in [0.1, 0.15) is 24.4 Å². The second-order valence-electron chi connectivity index (χ2n) is 7.72. The molecule has 0 aromatic rings. The van der Waals surface area contributed by atoms with E-state index in [2.05, 4.69) is 16.0 Å². The molecule has 0 aliphatic carbocycles. The smallest absolute Gasteiger partial charge is 0.245 e. The summed E-state index contributed by atoms with van der Waals surface area (Å²) in [4.78, 5) is 48.6. The van der Waals surface area contributed by atoms with Crippen LogP contribution in [0.15, 0.2) is 0 Å². The Morgan fingerprint density at radius 1 is 0.967 bits per heavy atom. The van der Waals surface area contributed by atoms with Crippen LogP contribution in [0.25, 0.3) is 0 Å². The standard InChI is InChI=1S/C19H36N4O6S/c1-10(2)8-14(18(28)22-15(9-24)11(3)25)21-19(29)16(12(4)26)23-17(27)13(20)6-7-30-5/h9-16,25-26H,6-8,20H2,1-5H3,(H,21,29)(H,22,28)(H,23,27)/t11-,12-,13+,14+,15-,16+/m1/s1. The van der Waals surface area contributed by atoms with Crippen LogP contribution >= 0.6 is 11.8 Å². The molecular formula is C19H36N4O6S. The summed E-state index contributed by atoms with van der Waals surface area (Å²) in [5.74, 6) is -1.30. The molecule has 0 saturated heterocycles. The summed E-state index contributed by atoms with van der Waals surface area (Å²) in [6.07, 6.45) is 0.608. The van der Waals surface area contributed by atoms with Crippen molar-refractivity contribution in [3.05, 3.63) is 0 Å². The fraction of sp³-hybridized carbons (Fsp3) is 0.789. The van der Waals surface area contributed by atoms with Crippen LogP contribution in [-0.2, 0) is 19.2 Å². The Morgan fingerprint density at radius 3 is 2.00 bits per heavy atom. The lowest BCUT2D eigenvalue weighted by atomic mass is 10.0. The van der Waals surface area contributed by atoms with Gasteiger partial charge >= 0.3 is 0 Å². The highest BCUT2D eigenvalue weighted by Crippen LogP contribution is 2.07. The second kappa shape index (κ2) is 14.3. The first-order valence-electron chi connectivity index (χ1n) is 9.91. The van der Waals surface area contributed by atoms with Gasteiger partial charge in [0.05, 0.1) is 18.2 Å². The van der Waals surface area contributed by atoms with Crippen LogP contribution in [0.1, 0.15) is 40.5 Å².